The monoisotopic (exact) mass is 395 g/mol. The van der Waals surface area contributed by atoms with Crippen molar-refractivity contribution in [3.8, 4) is 0 Å². The van der Waals surface area contributed by atoms with Gasteiger partial charge in [-0.05, 0) is 29.8 Å². The number of sulfone groups is 1. The number of aromatic nitrogens is 2. The molecule has 3 rings (SSSR count). The highest BCUT2D eigenvalue weighted by Gasteiger charge is 2.46. The minimum Gasteiger partial charge on any atom is -0.378 e. The van der Waals surface area contributed by atoms with Gasteiger partial charge in [0.05, 0.1) is 11.4 Å². The summed E-state index contributed by atoms with van der Waals surface area (Å²) in [7, 11) is -5.34. The molecule has 0 aliphatic rings. The third-order valence-corrected chi connectivity index (χ3v) is 5.42. The molecule has 0 atom stereocenters. The molecular weight excluding hydrogens is 379 g/mol. The van der Waals surface area contributed by atoms with Crippen LogP contribution in [0.1, 0.15) is 11.4 Å². The molecule has 0 unspecified atom stereocenters. The van der Waals surface area contributed by atoms with E-state index in [0.29, 0.717) is 18.8 Å². The van der Waals surface area contributed by atoms with E-state index in [1.165, 1.54) is 12.1 Å². The van der Waals surface area contributed by atoms with Crippen LogP contribution < -0.4 is 5.32 Å². The second-order valence-electron chi connectivity index (χ2n) is 5.78. The molecule has 1 N–H and O–H groups in total. The van der Waals surface area contributed by atoms with Gasteiger partial charge >= 0.3 is 5.51 Å². The van der Waals surface area contributed by atoms with Crippen LogP contribution in [0.4, 0.5) is 18.9 Å². The lowest BCUT2D eigenvalue weighted by molar-refractivity contribution is -0.0436. The highest BCUT2D eigenvalue weighted by atomic mass is 32.2. The number of nitrogens with one attached hydrogen (secondary N) is 1. The summed E-state index contributed by atoms with van der Waals surface area (Å²) in [4.78, 5) is 3.49. The highest BCUT2D eigenvalue weighted by molar-refractivity contribution is 7.92. The Bertz CT molecular complexity index is 998. The SMILES string of the molecule is O=S(=O)(c1ccc(NCc2nccn2Cc2ccccc2)cc1)C(F)(F)F. The van der Waals surface area contributed by atoms with Gasteiger partial charge in [-0.25, -0.2) is 13.4 Å². The van der Waals surface area contributed by atoms with Crippen molar-refractivity contribution in [2.45, 2.75) is 23.5 Å². The van der Waals surface area contributed by atoms with E-state index in [4.69, 9.17) is 0 Å². The Balaban J connectivity index is 1.67. The zero-order valence-corrected chi connectivity index (χ0v) is 14.8. The molecule has 3 aromatic rings. The first-order chi connectivity index (χ1) is 12.8. The first-order valence-electron chi connectivity index (χ1n) is 7.96. The molecule has 0 fully saturated rings. The molecule has 0 saturated carbocycles. The summed E-state index contributed by atoms with van der Waals surface area (Å²) >= 11 is 0. The number of anilines is 1. The Labute approximate surface area is 154 Å². The van der Waals surface area contributed by atoms with E-state index < -0.39 is 20.2 Å². The summed E-state index contributed by atoms with van der Waals surface area (Å²) in [5.74, 6) is 0.742. The van der Waals surface area contributed by atoms with Gasteiger partial charge < -0.3 is 9.88 Å². The van der Waals surface area contributed by atoms with Crippen LogP contribution in [0, 0.1) is 0 Å². The minimum atomic E-state index is -5.34. The highest BCUT2D eigenvalue weighted by Crippen LogP contribution is 2.30. The van der Waals surface area contributed by atoms with Gasteiger partial charge in [-0.15, -0.1) is 0 Å². The molecule has 5 nitrogen and oxygen atoms in total. The van der Waals surface area contributed by atoms with Gasteiger partial charge in [-0.3, -0.25) is 0 Å². The average molecular weight is 395 g/mol. The van der Waals surface area contributed by atoms with Crippen LogP contribution in [0.5, 0.6) is 0 Å². The summed E-state index contributed by atoms with van der Waals surface area (Å²) in [5.41, 5.74) is -3.71. The predicted molar refractivity (Wildman–Crippen MR) is 94.8 cm³/mol. The molecule has 0 aliphatic carbocycles. The zero-order chi connectivity index (χ0) is 19.5. The fourth-order valence-corrected chi connectivity index (χ4v) is 3.26. The second kappa shape index (κ2) is 7.43. The number of alkyl halides is 3. The quantitative estimate of drug-likeness (QED) is 0.689. The van der Waals surface area contributed by atoms with Gasteiger partial charge in [-0.2, -0.15) is 13.2 Å². The van der Waals surface area contributed by atoms with Gasteiger partial charge in [0.2, 0.25) is 0 Å². The Morgan fingerprint density at radius 2 is 1.67 bits per heavy atom. The van der Waals surface area contributed by atoms with Crippen molar-refractivity contribution >= 4 is 15.5 Å². The zero-order valence-electron chi connectivity index (χ0n) is 14.0. The summed E-state index contributed by atoms with van der Waals surface area (Å²) in [5, 5.41) is 3.03. The Hall–Kier alpha value is -2.81. The number of rotatable bonds is 6. The van der Waals surface area contributed by atoms with E-state index in [0.717, 1.165) is 23.5 Å². The fraction of sp³-hybridized carbons (Fsp3) is 0.167. The number of imidazole rings is 1. The average Bonchev–Trinajstić information content (AvgIpc) is 3.07. The number of nitrogens with zero attached hydrogens (tertiary/aromatic N) is 2. The molecule has 1 aromatic heterocycles. The molecule has 1 heterocycles. The molecule has 0 aliphatic heterocycles. The molecule has 27 heavy (non-hydrogen) atoms. The number of halogens is 3. The first kappa shape index (κ1) is 19.0. The molecule has 2 aromatic carbocycles. The van der Waals surface area contributed by atoms with E-state index in [1.807, 2.05) is 41.1 Å². The smallest absolute Gasteiger partial charge is 0.378 e. The lowest BCUT2D eigenvalue weighted by Crippen LogP contribution is -2.23. The van der Waals surface area contributed by atoms with E-state index in [2.05, 4.69) is 10.3 Å². The van der Waals surface area contributed by atoms with Crippen LogP contribution in [0.25, 0.3) is 0 Å². The Kier molecular flexibility index (Phi) is 5.22. The normalized spacial score (nSPS) is 12.1. The van der Waals surface area contributed by atoms with E-state index in [9.17, 15) is 21.6 Å². The van der Waals surface area contributed by atoms with Crippen LogP contribution in [0.2, 0.25) is 0 Å². The van der Waals surface area contributed by atoms with Crippen LogP contribution in [-0.4, -0.2) is 23.5 Å². The predicted octanol–water partition coefficient (Wildman–Crippen LogP) is 3.84. The second-order valence-corrected chi connectivity index (χ2v) is 7.73. The third kappa shape index (κ3) is 4.30. The molecule has 142 valence electrons. The maximum absolute atomic E-state index is 12.6. The molecule has 0 saturated heterocycles. The van der Waals surface area contributed by atoms with Crippen LogP contribution in [0.3, 0.4) is 0 Å². The maximum atomic E-state index is 12.6. The summed E-state index contributed by atoms with van der Waals surface area (Å²) in [6, 6.07) is 14.3. The molecule has 0 radical (unpaired) electrons. The Morgan fingerprint density at radius 1 is 1.00 bits per heavy atom. The van der Waals surface area contributed by atoms with Crippen LogP contribution in [-0.2, 0) is 22.9 Å². The van der Waals surface area contributed by atoms with Crippen molar-refractivity contribution in [1.82, 2.24) is 9.55 Å². The topological polar surface area (TPSA) is 64.0 Å². The van der Waals surface area contributed by atoms with Crippen LogP contribution in [0.15, 0.2) is 71.9 Å². The lowest BCUT2D eigenvalue weighted by Gasteiger charge is -2.11. The third-order valence-electron chi connectivity index (χ3n) is 3.92. The van der Waals surface area contributed by atoms with E-state index in [1.54, 1.807) is 6.20 Å². The summed E-state index contributed by atoms with van der Waals surface area (Å²) < 4.78 is 62.4. The van der Waals surface area contributed by atoms with Crippen LogP contribution >= 0.6 is 0 Å². The maximum Gasteiger partial charge on any atom is 0.501 e. The number of benzene rings is 2. The molecule has 9 heteroatoms. The lowest BCUT2D eigenvalue weighted by atomic mass is 10.2. The molecular formula is C18H16F3N3O2S. The standard InChI is InChI=1S/C18H16F3N3O2S/c19-18(20,21)27(25,26)16-8-6-15(7-9-16)23-12-17-22-10-11-24(17)13-14-4-2-1-3-5-14/h1-11,23H,12-13H2. The van der Waals surface area contributed by atoms with Crippen molar-refractivity contribution in [2.24, 2.45) is 0 Å². The van der Waals surface area contributed by atoms with Crippen molar-refractivity contribution in [3.63, 3.8) is 0 Å². The molecule has 0 bridgehead atoms. The van der Waals surface area contributed by atoms with E-state index >= 15 is 0 Å². The summed E-state index contributed by atoms with van der Waals surface area (Å²) in [6.45, 7) is 0.978. The van der Waals surface area contributed by atoms with Gasteiger partial charge in [-0.1, -0.05) is 30.3 Å². The number of hydrogen-bond donors (Lipinski definition) is 1. The van der Waals surface area contributed by atoms with Gasteiger partial charge in [0.15, 0.2) is 0 Å². The van der Waals surface area contributed by atoms with Crippen molar-refractivity contribution in [3.05, 3.63) is 78.4 Å². The van der Waals surface area contributed by atoms with E-state index in [-0.39, 0.29) is 0 Å². The minimum absolute atomic E-state index is 0.338. The van der Waals surface area contributed by atoms with Gasteiger partial charge in [0, 0.05) is 24.6 Å². The first-order valence-corrected chi connectivity index (χ1v) is 9.45. The molecule has 0 spiro atoms. The Morgan fingerprint density at radius 3 is 2.30 bits per heavy atom. The summed E-state index contributed by atoms with van der Waals surface area (Å²) in [6.07, 6.45) is 3.50. The van der Waals surface area contributed by atoms with Crippen molar-refractivity contribution in [1.29, 1.82) is 0 Å². The van der Waals surface area contributed by atoms with Gasteiger partial charge in [0.1, 0.15) is 5.82 Å². The largest absolute Gasteiger partial charge is 0.501 e. The van der Waals surface area contributed by atoms with Gasteiger partial charge in [0.25, 0.3) is 9.84 Å². The van der Waals surface area contributed by atoms with Crippen molar-refractivity contribution < 1.29 is 21.6 Å². The molecule has 0 amide bonds. The number of hydrogen-bond acceptors (Lipinski definition) is 4. The van der Waals surface area contributed by atoms with Crippen molar-refractivity contribution in [2.75, 3.05) is 5.32 Å². The fourth-order valence-electron chi connectivity index (χ4n) is 2.50.